The van der Waals surface area contributed by atoms with Crippen molar-refractivity contribution in [3.63, 3.8) is 0 Å². The average Bonchev–Trinajstić information content (AvgIpc) is 2.51. The molecule has 0 saturated heterocycles. The van der Waals surface area contributed by atoms with Crippen molar-refractivity contribution in [1.29, 1.82) is 0 Å². The maximum Gasteiger partial charge on any atom is 0.577 e. The molecule has 0 saturated carbocycles. The predicted octanol–water partition coefficient (Wildman–Crippen LogP) is 6.07. The molecule has 0 aromatic rings. The molecule has 169 valence electrons. The van der Waals surface area contributed by atoms with Crippen molar-refractivity contribution in [2.24, 2.45) is 5.41 Å². The van der Waals surface area contributed by atoms with Gasteiger partial charge in [0.05, 0.1) is 0 Å². The zero-order valence-electron chi connectivity index (χ0n) is 15.5. The van der Waals surface area contributed by atoms with E-state index < -0.39 is 78.6 Å². The second kappa shape index (κ2) is 11.6. The van der Waals surface area contributed by atoms with Gasteiger partial charge in [0.15, 0.2) is 0 Å². The first-order chi connectivity index (χ1) is 12.6. The highest BCUT2D eigenvalue weighted by molar-refractivity contribution is 6.36. The minimum absolute atomic E-state index is 0.106. The molecular formula is C15H24F9O3Si. The maximum absolute atomic E-state index is 12.6. The molecule has 3 nitrogen and oxygen atoms in total. The highest BCUT2D eigenvalue weighted by Crippen LogP contribution is 2.43. The lowest BCUT2D eigenvalue weighted by molar-refractivity contribution is -0.162. The number of alkyl halides is 9. The van der Waals surface area contributed by atoms with Crippen molar-refractivity contribution in [2.45, 2.75) is 70.9 Å². The van der Waals surface area contributed by atoms with Crippen LogP contribution >= 0.6 is 0 Å². The van der Waals surface area contributed by atoms with E-state index in [4.69, 9.17) is 13.3 Å². The molecule has 0 atom stereocenters. The van der Waals surface area contributed by atoms with E-state index in [1.807, 2.05) is 0 Å². The quantitative estimate of drug-likeness (QED) is 0.251. The molecule has 0 aliphatic heterocycles. The topological polar surface area (TPSA) is 27.7 Å². The van der Waals surface area contributed by atoms with Crippen LogP contribution in [0.2, 0.25) is 0 Å². The van der Waals surface area contributed by atoms with Crippen LogP contribution in [-0.4, -0.2) is 47.9 Å². The summed E-state index contributed by atoms with van der Waals surface area (Å²) in [5.74, 6) is 0. The Kier molecular flexibility index (Phi) is 11.4. The Labute approximate surface area is 159 Å². The first kappa shape index (κ1) is 27.5. The van der Waals surface area contributed by atoms with Gasteiger partial charge in [-0.3, -0.25) is 0 Å². The van der Waals surface area contributed by atoms with Crippen molar-refractivity contribution < 1.29 is 52.8 Å². The molecule has 0 heterocycles. The molecular weight excluding hydrogens is 427 g/mol. The van der Waals surface area contributed by atoms with Gasteiger partial charge in [0.25, 0.3) is 0 Å². The van der Waals surface area contributed by atoms with E-state index in [0.717, 1.165) is 0 Å². The summed E-state index contributed by atoms with van der Waals surface area (Å²) in [5, 5.41) is 0. The molecule has 0 spiro atoms. The Balaban J connectivity index is 5.49. The molecule has 0 fully saturated rings. The summed E-state index contributed by atoms with van der Waals surface area (Å²) in [4.78, 5) is 0. The fraction of sp³-hybridized carbons (Fsp3) is 1.00. The van der Waals surface area contributed by atoms with Crippen LogP contribution in [0.1, 0.15) is 52.4 Å². The van der Waals surface area contributed by atoms with E-state index in [0.29, 0.717) is 0 Å². The van der Waals surface area contributed by atoms with E-state index in [1.165, 1.54) is 0 Å². The summed E-state index contributed by atoms with van der Waals surface area (Å²) in [6.07, 6.45) is -21.5. The largest absolute Gasteiger partial charge is 0.577 e. The lowest BCUT2D eigenvalue weighted by Gasteiger charge is -2.35. The van der Waals surface area contributed by atoms with E-state index >= 15 is 0 Å². The third-order valence-corrected chi connectivity index (χ3v) is 5.27. The van der Waals surface area contributed by atoms with Gasteiger partial charge in [-0.15, -0.1) is 0 Å². The molecule has 0 unspecified atom stereocenters. The second-order valence-electron chi connectivity index (χ2n) is 6.25. The maximum atomic E-state index is 12.6. The molecule has 0 aromatic heterocycles. The number of rotatable bonds is 13. The van der Waals surface area contributed by atoms with E-state index in [1.54, 1.807) is 13.8 Å². The van der Waals surface area contributed by atoms with Gasteiger partial charge in [0, 0.05) is 39.1 Å². The standard InChI is InChI=1S/C15H24F9O3Si/c1-3-25-28(26-4-2)27-11-12(5-8-13(16,17)18,6-9-14(19,20)21)7-10-15(22,23)24/h3-11H2,1-2H3. The lowest BCUT2D eigenvalue weighted by Crippen LogP contribution is -2.37. The first-order valence-corrected chi connectivity index (χ1v) is 9.79. The third kappa shape index (κ3) is 14.5. The summed E-state index contributed by atoms with van der Waals surface area (Å²) in [5.41, 5.74) is -1.97. The summed E-state index contributed by atoms with van der Waals surface area (Å²) in [7, 11) is -2.48. The smallest absolute Gasteiger partial charge is 0.371 e. The summed E-state index contributed by atoms with van der Waals surface area (Å²) >= 11 is 0. The van der Waals surface area contributed by atoms with Crippen molar-refractivity contribution in [1.82, 2.24) is 0 Å². The van der Waals surface area contributed by atoms with Crippen LogP contribution < -0.4 is 0 Å². The zero-order chi connectivity index (χ0) is 22.1. The van der Waals surface area contributed by atoms with Gasteiger partial charge < -0.3 is 13.3 Å². The van der Waals surface area contributed by atoms with Crippen molar-refractivity contribution in [3.8, 4) is 0 Å². The SMILES string of the molecule is CCO[Si](OCC)OCC(CCC(F)(F)F)(CCC(F)(F)F)CCC(F)(F)F. The van der Waals surface area contributed by atoms with Crippen molar-refractivity contribution >= 4 is 9.53 Å². The van der Waals surface area contributed by atoms with Crippen LogP contribution in [0.5, 0.6) is 0 Å². The molecule has 13 heteroatoms. The fourth-order valence-corrected chi connectivity index (χ4v) is 3.53. The normalized spacial score (nSPS) is 14.1. The Bertz CT molecular complexity index is 373. The predicted molar refractivity (Wildman–Crippen MR) is 83.3 cm³/mol. The van der Waals surface area contributed by atoms with Gasteiger partial charge in [0.1, 0.15) is 0 Å². The van der Waals surface area contributed by atoms with Crippen LogP contribution in [0.15, 0.2) is 0 Å². The van der Waals surface area contributed by atoms with Gasteiger partial charge in [0.2, 0.25) is 0 Å². The van der Waals surface area contributed by atoms with Crippen molar-refractivity contribution in [3.05, 3.63) is 0 Å². The van der Waals surface area contributed by atoms with Gasteiger partial charge in [-0.25, -0.2) is 0 Å². The Hall–Kier alpha value is -0.533. The van der Waals surface area contributed by atoms with Crippen LogP contribution in [0.25, 0.3) is 0 Å². The Morgan fingerprint density at radius 3 is 1.11 bits per heavy atom. The van der Waals surface area contributed by atoms with Gasteiger partial charge in [-0.2, -0.15) is 39.5 Å². The second-order valence-corrected chi connectivity index (χ2v) is 7.62. The van der Waals surface area contributed by atoms with Crippen molar-refractivity contribution in [2.75, 3.05) is 19.8 Å². The molecule has 0 amide bonds. The minimum atomic E-state index is -4.73. The Morgan fingerprint density at radius 1 is 0.536 bits per heavy atom. The summed E-state index contributed by atoms with van der Waals surface area (Å²) in [6.45, 7) is 2.60. The van der Waals surface area contributed by atoms with E-state index in [2.05, 4.69) is 0 Å². The monoisotopic (exact) mass is 451 g/mol. The van der Waals surface area contributed by atoms with Crippen LogP contribution in [0.4, 0.5) is 39.5 Å². The first-order valence-electron chi connectivity index (χ1n) is 8.57. The highest BCUT2D eigenvalue weighted by atomic mass is 28.3. The minimum Gasteiger partial charge on any atom is -0.371 e. The molecule has 0 aromatic carbocycles. The molecule has 0 aliphatic rings. The zero-order valence-corrected chi connectivity index (χ0v) is 16.5. The van der Waals surface area contributed by atoms with E-state index in [9.17, 15) is 39.5 Å². The summed E-state index contributed by atoms with van der Waals surface area (Å²) in [6, 6.07) is 0. The molecule has 0 rings (SSSR count). The summed E-state index contributed by atoms with van der Waals surface area (Å²) < 4.78 is 129. The lowest BCUT2D eigenvalue weighted by atomic mass is 9.75. The average molecular weight is 451 g/mol. The molecule has 28 heavy (non-hydrogen) atoms. The number of hydrogen-bond donors (Lipinski definition) is 0. The van der Waals surface area contributed by atoms with Gasteiger partial charge in [-0.05, 0) is 38.5 Å². The fourth-order valence-electron chi connectivity index (χ4n) is 2.38. The molecule has 1 radical (unpaired) electrons. The number of hydrogen-bond acceptors (Lipinski definition) is 3. The molecule has 0 bridgehead atoms. The molecule has 0 aliphatic carbocycles. The Morgan fingerprint density at radius 2 is 0.857 bits per heavy atom. The van der Waals surface area contributed by atoms with Crippen LogP contribution in [0, 0.1) is 5.41 Å². The van der Waals surface area contributed by atoms with Gasteiger partial charge in [-0.1, -0.05) is 0 Å². The third-order valence-electron chi connectivity index (χ3n) is 3.84. The van der Waals surface area contributed by atoms with E-state index in [-0.39, 0.29) is 13.2 Å². The molecule has 0 N–H and O–H groups in total. The highest BCUT2D eigenvalue weighted by Gasteiger charge is 2.43. The van der Waals surface area contributed by atoms with Crippen LogP contribution in [-0.2, 0) is 13.3 Å². The number of halogens is 9. The van der Waals surface area contributed by atoms with Gasteiger partial charge >= 0.3 is 28.1 Å². The van der Waals surface area contributed by atoms with Crippen LogP contribution in [0.3, 0.4) is 0 Å².